The number of benzene rings is 2. The summed E-state index contributed by atoms with van der Waals surface area (Å²) in [6.07, 6.45) is 5.88. The molecule has 2 aromatic heterocycles. The number of fused-ring (bicyclic) bond motifs is 1. The van der Waals surface area contributed by atoms with Gasteiger partial charge in [0.1, 0.15) is 75.9 Å². The van der Waals surface area contributed by atoms with Gasteiger partial charge in [-0.1, -0.05) is 45.9 Å². The number of carbonyl (C=O) groups excluding carboxylic acids is 10. The lowest BCUT2D eigenvalue weighted by Crippen LogP contribution is -2.59. The Bertz CT molecular complexity index is 3550. The van der Waals surface area contributed by atoms with Crippen molar-refractivity contribution < 1.29 is 91.2 Å². The summed E-state index contributed by atoms with van der Waals surface area (Å²) in [7, 11) is -3.23. The zero-order chi connectivity index (χ0) is 78.5. The van der Waals surface area contributed by atoms with Gasteiger partial charge < -0.3 is 93.9 Å². The van der Waals surface area contributed by atoms with Crippen LogP contribution in [0.25, 0.3) is 10.9 Å². The topological polar surface area (TPSA) is 540 Å². The number of aromatic nitrogens is 3. The van der Waals surface area contributed by atoms with Gasteiger partial charge >= 0.3 is 20.2 Å². The average Bonchev–Trinajstić information content (AvgIpc) is 1.71. The Morgan fingerprint density at radius 1 is 0.626 bits per heavy atom. The van der Waals surface area contributed by atoms with Gasteiger partial charge in [-0.15, -0.1) is 0 Å². The summed E-state index contributed by atoms with van der Waals surface area (Å²) in [5.41, 5.74) is 13.4. The number of aliphatic carboxylic acids is 2. The molecule has 7 unspecified atom stereocenters. The van der Waals surface area contributed by atoms with Crippen molar-refractivity contribution in [1.29, 1.82) is 0 Å². The average molecular weight is 1540 g/mol. The van der Waals surface area contributed by atoms with Gasteiger partial charge in [-0.2, -0.15) is 11.8 Å². The summed E-state index contributed by atoms with van der Waals surface area (Å²) in [6.45, 7) is 9.71. The van der Waals surface area contributed by atoms with Crippen LogP contribution >= 0.6 is 20.0 Å². The first-order chi connectivity index (χ1) is 51.0. The summed E-state index contributed by atoms with van der Waals surface area (Å²) in [5, 5.41) is 46.9. The second-order valence-corrected chi connectivity index (χ2v) is 28.1. The van der Waals surface area contributed by atoms with Crippen LogP contribution in [-0.2, 0) is 84.1 Å². The van der Waals surface area contributed by atoms with E-state index in [1.165, 1.54) is 43.3 Å². The first-order valence-electron chi connectivity index (χ1n) is 34.9. The number of hydrogen-bond acceptors (Lipinski definition) is 24. The van der Waals surface area contributed by atoms with Crippen molar-refractivity contribution in [3.05, 3.63) is 84.1 Å². The second kappa shape index (κ2) is 46.8. The Morgan fingerprint density at radius 2 is 1.21 bits per heavy atom. The summed E-state index contributed by atoms with van der Waals surface area (Å²) in [5.74, 6) is -10.1. The quantitative estimate of drug-likeness (QED) is 0.0122. The first kappa shape index (κ1) is 88.5. The molecule has 0 aliphatic carbocycles. The maximum absolute atomic E-state index is 14.4. The Morgan fingerprint density at radius 3 is 1.79 bits per heavy atom. The van der Waals surface area contributed by atoms with Crippen LogP contribution in [0.4, 0.5) is 5.69 Å². The molecule has 4 aromatic rings. The molecule has 1 saturated heterocycles. The molecule has 40 heteroatoms. The molecule has 1 aliphatic rings. The lowest BCUT2D eigenvalue weighted by molar-refractivity contribution is -0.139. The number of ether oxygens (including phenoxy) is 2. The molecule has 1 aliphatic heterocycles. The van der Waals surface area contributed by atoms with Crippen LogP contribution in [0.5, 0.6) is 0 Å². The van der Waals surface area contributed by atoms with E-state index < -0.39 is 134 Å². The smallest absolute Gasteiger partial charge is 0.317 e. The number of thioether (sulfide) groups is 1. The number of para-hydroxylation sites is 1. The van der Waals surface area contributed by atoms with E-state index >= 15 is 0 Å². The van der Waals surface area contributed by atoms with E-state index in [4.69, 9.17) is 25.5 Å². The number of imidazole rings is 1. The van der Waals surface area contributed by atoms with Gasteiger partial charge in [-0.05, 0) is 85.9 Å². The molecule has 5 rings (SSSR count). The van der Waals surface area contributed by atoms with Gasteiger partial charge in [-0.25, -0.2) is 4.98 Å². The molecule has 1 fully saturated rings. The predicted molar refractivity (Wildman–Crippen MR) is 394 cm³/mol. The number of carboxylic acids is 2. The molecule has 0 spiro atoms. The van der Waals surface area contributed by atoms with Gasteiger partial charge in [0.2, 0.25) is 53.2 Å². The van der Waals surface area contributed by atoms with Crippen LogP contribution in [0.1, 0.15) is 81.9 Å². The van der Waals surface area contributed by atoms with Gasteiger partial charge in [0.15, 0.2) is 0 Å². The molecular weight excluding hydrogens is 1440 g/mol. The number of hydrogen-bond donors (Lipinski definition) is 17. The lowest BCUT2D eigenvalue weighted by atomic mass is 10.0. The minimum Gasteiger partial charge on any atom is -0.480 e. The van der Waals surface area contributed by atoms with E-state index in [0.29, 0.717) is 86.0 Å². The minimum atomic E-state index is -3.23. The molecule has 8 atom stereocenters. The largest absolute Gasteiger partial charge is 0.480 e. The number of H-pyrrole nitrogens is 2. The number of nitrogens with zero attached hydrogens (tertiary/aromatic N) is 5. The third kappa shape index (κ3) is 33.3. The van der Waals surface area contributed by atoms with E-state index in [1.807, 2.05) is 25.0 Å². The molecule has 592 valence electrons. The molecular formula is C67H104N19O19PS. The van der Waals surface area contributed by atoms with E-state index in [2.05, 4.69) is 68.1 Å². The molecule has 0 radical (unpaired) electrons. The number of rotatable bonds is 46. The molecule has 2 aromatic carbocycles. The zero-order valence-electron chi connectivity index (χ0n) is 61.0. The van der Waals surface area contributed by atoms with E-state index in [-0.39, 0.29) is 96.7 Å². The Kier molecular flexibility index (Phi) is 38.7. The van der Waals surface area contributed by atoms with Gasteiger partial charge in [-0.3, -0.25) is 91.5 Å². The molecule has 0 bridgehead atoms. The Labute approximate surface area is 624 Å². The number of anilines is 1. The normalized spacial score (nSPS) is 15.9. The third-order valence-electron chi connectivity index (χ3n) is 16.9. The maximum Gasteiger partial charge on any atom is 0.317 e. The fourth-order valence-electron chi connectivity index (χ4n) is 11.1. The van der Waals surface area contributed by atoms with E-state index in [1.54, 1.807) is 71.1 Å². The standard InChI is InChI=1S/C67H104N19O19PS/c1-41(2)27-52(65(98)78-50(60(69)93)17-26-107-6)80-66(99)54(29-47-31-70-35-74-47)77-56(88)32-73-67(100)59(42(3)4)82-61(94)43(5)76-64(97)53(28-45-30-72-49-10-8-7-9-48(45)49)81-63(96)51(15-16-55(68)87)79-62(95)44-11-13-46(14-12-44)75-38-103-36-71-37-104-39-85-22-18-83(33-57(89)90)20-24-86(40-105-106(101)102)25-21-84(19-23-85)34-58(91)92/h7-14,30-31,35,41-43,50-54,59,71-72,75,106H,15-29,32-34,36-40H2,1-6H3,(H2,68,87)(H2,69,93)(H,70,74)(H,73,100)(H,76,97)(H,77,88)(H,78,98)(H,79,95)(H,80,99)(H,81,96)(H,82,94)(H,89,90)(H,91,92)(H,101,102)/t43?,50-,51?,52?,53?,54?,59?/m0/s1. The number of primary amides is 2. The van der Waals surface area contributed by atoms with Gasteiger partial charge in [0.25, 0.3) is 5.91 Å². The highest BCUT2D eigenvalue weighted by Crippen LogP contribution is 2.21. The van der Waals surface area contributed by atoms with Crippen molar-refractivity contribution in [2.45, 2.75) is 115 Å². The van der Waals surface area contributed by atoms with Crippen LogP contribution in [0.3, 0.4) is 0 Å². The number of carboxylic acid groups (broad SMARTS) is 2. The third-order valence-corrected chi connectivity index (χ3v) is 17.9. The fraction of sp³-hybridized carbons (Fsp3) is 0.567. The van der Waals surface area contributed by atoms with Gasteiger partial charge in [0.05, 0.1) is 31.7 Å². The van der Waals surface area contributed by atoms with E-state index in [0.717, 1.165) is 0 Å². The number of nitrogens with two attached hydrogens (primary N) is 2. The predicted octanol–water partition coefficient (Wildman–Crippen LogP) is -2.66. The molecule has 107 heavy (non-hydrogen) atoms. The second-order valence-electron chi connectivity index (χ2n) is 26.2. The Balaban J connectivity index is 1.16. The summed E-state index contributed by atoms with van der Waals surface area (Å²) < 4.78 is 27.7. The van der Waals surface area contributed by atoms with Crippen molar-refractivity contribution in [1.82, 2.24) is 82.4 Å². The number of aromatic amines is 2. The first-order valence-corrected chi connectivity index (χ1v) is 37.5. The van der Waals surface area contributed by atoms with Crippen molar-refractivity contribution in [3.63, 3.8) is 0 Å². The van der Waals surface area contributed by atoms with Crippen molar-refractivity contribution >= 4 is 108 Å². The maximum atomic E-state index is 14.4. The monoisotopic (exact) mass is 1540 g/mol. The van der Waals surface area contributed by atoms with Crippen LogP contribution in [0, 0.1) is 11.8 Å². The van der Waals surface area contributed by atoms with Crippen LogP contribution < -0.4 is 64.6 Å². The van der Waals surface area contributed by atoms with Crippen molar-refractivity contribution in [3.8, 4) is 0 Å². The Hall–Kier alpha value is -9.15. The zero-order valence-corrected chi connectivity index (χ0v) is 62.8. The van der Waals surface area contributed by atoms with Crippen LogP contribution in [-0.4, -0.2) is 281 Å². The van der Waals surface area contributed by atoms with Crippen LogP contribution in [0.15, 0.2) is 67.3 Å². The van der Waals surface area contributed by atoms with Crippen LogP contribution in [0.2, 0.25) is 0 Å². The SMILES string of the molecule is CSCC[C@H](NC(=O)C(CC(C)C)NC(=O)C(Cc1c[nH]cn1)NC(=O)CNC(=O)C(NC(=O)C(C)NC(=O)C(Cc1c[nH]c2ccccc12)NC(=O)C(CCC(N)=O)NC(=O)c1ccc(NCOCNCOCN2CCN(CC(=O)O)CCN(CO[PH](=O)O)CCN(CC(=O)O)CC2)cc1)C(C)C)C(N)=O. The number of amides is 10. The summed E-state index contributed by atoms with van der Waals surface area (Å²) in [6, 6.07) is 4.37. The van der Waals surface area contributed by atoms with Crippen molar-refractivity contribution in [2.24, 2.45) is 23.3 Å². The van der Waals surface area contributed by atoms with Crippen molar-refractivity contribution in [2.75, 3.05) is 123 Å². The summed E-state index contributed by atoms with van der Waals surface area (Å²) >= 11 is 1.46. The highest BCUT2D eigenvalue weighted by Gasteiger charge is 2.34. The molecule has 10 amide bonds. The fourth-order valence-corrected chi connectivity index (χ4v) is 11.8. The highest BCUT2D eigenvalue weighted by atomic mass is 32.2. The summed E-state index contributed by atoms with van der Waals surface area (Å²) in [4.78, 5) is 186. The minimum absolute atomic E-state index is 0.00498. The molecule has 38 nitrogen and oxygen atoms in total. The molecule has 3 heterocycles. The number of carbonyl (C=O) groups is 12. The number of nitrogens with one attached hydrogen (secondary N) is 12. The highest BCUT2D eigenvalue weighted by molar-refractivity contribution is 7.98. The van der Waals surface area contributed by atoms with Gasteiger partial charge in [0, 0.05) is 106 Å². The van der Waals surface area contributed by atoms with E-state index in [9.17, 15) is 77.2 Å². The molecule has 0 saturated carbocycles. The lowest BCUT2D eigenvalue weighted by Gasteiger charge is -2.33. The molecule has 19 N–H and O–H groups in total.